The van der Waals surface area contributed by atoms with Gasteiger partial charge in [0.25, 0.3) is 0 Å². The van der Waals surface area contributed by atoms with E-state index in [1.807, 2.05) is 0 Å². The molecule has 0 radical (unpaired) electrons. The molecular formula is C16H12O4S. The number of esters is 1. The summed E-state index contributed by atoms with van der Waals surface area (Å²) >= 11 is 0.984. The van der Waals surface area contributed by atoms with E-state index in [4.69, 9.17) is 4.74 Å². The van der Waals surface area contributed by atoms with Crippen molar-refractivity contribution in [3.05, 3.63) is 59.7 Å². The van der Waals surface area contributed by atoms with Crippen molar-refractivity contribution in [3.63, 3.8) is 0 Å². The molecule has 4 nitrogen and oxygen atoms in total. The van der Waals surface area contributed by atoms with Gasteiger partial charge in [0.1, 0.15) is 12.0 Å². The van der Waals surface area contributed by atoms with Gasteiger partial charge in [-0.1, -0.05) is 23.9 Å². The van der Waals surface area contributed by atoms with E-state index in [1.165, 1.54) is 6.92 Å². The minimum atomic E-state index is -0.543. The molecule has 106 valence electrons. The van der Waals surface area contributed by atoms with Crippen molar-refractivity contribution in [2.45, 2.75) is 11.8 Å². The molecule has 21 heavy (non-hydrogen) atoms. The lowest BCUT2D eigenvalue weighted by atomic mass is 10.2. The summed E-state index contributed by atoms with van der Waals surface area (Å²) < 4.78 is 5.24. The highest BCUT2D eigenvalue weighted by molar-refractivity contribution is 8.13. The minimum absolute atomic E-state index is 0.106. The Kier molecular flexibility index (Phi) is 4.90. The van der Waals surface area contributed by atoms with Gasteiger partial charge in [0.2, 0.25) is 0 Å². The molecule has 0 spiro atoms. The normalized spacial score (nSPS) is 9.95. The van der Waals surface area contributed by atoms with Crippen molar-refractivity contribution in [1.29, 1.82) is 0 Å². The predicted octanol–water partition coefficient (Wildman–Crippen LogP) is 3.36. The van der Waals surface area contributed by atoms with E-state index in [9.17, 15) is 14.4 Å². The highest BCUT2D eigenvalue weighted by atomic mass is 32.2. The van der Waals surface area contributed by atoms with E-state index in [2.05, 4.69) is 0 Å². The van der Waals surface area contributed by atoms with Gasteiger partial charge in [-0.3, -0.25) is 9.59 Å². The Hall–Kier alpha value is -2.40. The van der Waals surface area contributed by atoms with Gasteiger partial charge in [-0.2, -0.15) is 0 Å². The number of benzene rings is 2. The van der Waals surface area contributed by atoms with Crippen molar-refractivity contribution >= 4 is 29.1 Å². The zero-order chi connectivity index (χ0) is 15.2. The molecule has 0 N–H and O–H groups in total. The van der Waals surface area contributed by atoms with E-state index in [0.717, 1.165) is 11.8 Å². The fourth-order valence-electron chi connectivity index (χ4n) is 1.66. The standard InChI is InChI=1S/C16H12O4S/c1-11(18)21-15-5-3-2-4-14(15)16(19)20-13-8-6-12(10-17)7-9-13/h2-10H,1H3. The summed E-state index contributed by atoms with van der Waals surface area (Å²) in [6.45, 7) is 1.44. The molecule has 2 rings (SSSR count). The van der Waals surface area contributed by atoms with Gasteiger partial charge in [-0.05, 0) is 36.4 Å². The number of aldehydes is 1. The van der Waals surface area contributed by atoms with E-state index in [0.29, 0.717) is 28.1 Å². The lowest BCUT2D eigenvalue weighted by molar-refractivity contribution is -0.109. The molecule has 0 aliphatic heterocycles. The Bertz CT molecular complexity index is 677. The number of ether oxygens (including phenoxy) is 1. The zero-order valence-electron chi connectivity index (χ0n) is 11.2. The molecule has 0 amide bonds. The van der Waals surface area contributed by atoms with Gasteiger partial charge in [-0.15, -0.1) is 0 Å². The van der Waals surface area contributed by atoms with Crippen LogP contribution in [0, 0.1) is 0 Å². The van der Waals surface area contributed by atoms with Gasteiger partial charge < -0.3 is 4.74 Å². The van der Waals surface area contributed by atoms with Crippen molar-refractivity contribution in [2.75, 3.05) is 0 Å². The smallest absolute Gasteiger partial charge is 0.344 e. The van der Waals surface area contributed by atoms with Crippen LogP contribution in [0.4, 0.5) is 0 Å². The molecule has 5 heteroatoms. The third-order valence-corrected chi connectivity index (χ3v) is 3.45. The number of carbonyl (C=O) groups excluding carboxylic acids is 3. The monoisotopic (exact) mass is 300 g/mol. The quantitative estimate of drug-likeness (QED) is 0.375. The van der Waals surface area contributed by atoms with Crippen LogP contribution in [0.5, 0.6) is 5.75 Å². The fourth-order valence-corrected chi connectivity index (χ4v) is 2.37. The third-order valence-electron chi connectivity index (χ3n) is 2.59. The van der Waals surface area contributed by atoms with Crippen LogP contribution < -0.4 is 4.74 Å². The lowest BCUT2D eigenvalue weighted by Crippen LogP contribution is -2.10. The molecule has 0 bridgehead atoms. The van der Waals surface area contributed by atoms with Crippen LogP contribution in [0.1, 0.15) is 27.6 Å². The molecule has 0 saturated heterocycles. The van der Waals surface area contributed by atoms with Gasteiger partial charge >= 0.3 is 5.97 Å². The molecule has 0 unspecified atom stereocenters. The molecule has 0 aliphatic carbocycles. The number of hydrogen-bond acceptors (Lipinski definition) is 5. The van der Waals surface area contributed by atoms with E-state index in [-0.39, 0.29) is 5.12 Å². The Labute approximate surface area is 126 Å². The summed E-state index contributed by atoms with van der Waals surface area (Å²) in [7, 11) is 0. The summed E-state index contributed by atoms with van der Waals surface area (Å²) in [6, 6.07) is 13.0. The molecule has 2 aromatic rings. The summed E-state index contributed by atoms with van der Waals surface area (Å²) in [4.78, 5) is 34.5. The summed E-state index contributed by atoms with van der Waals surface area (Å²) in [5.41, 5.74) is 0.833. The lowest BCUT2D eigenvalue weighted by Gasteiger charge is -2.08. The molecule has 0 atom stereocenters. The van der Waals surface area contributed by atoms with Crippen LogP contribution in [-0.4, -0.2) is 17.4 Å². The maximum Gasteiger partial charge on any atom is 0.344 e. The van der Waals surface area contributed by atoms with Crippen LogP contribution in [0.2, 0.25) is 0 Å². The maximum atomic E-state index is 12.2. The average Bonchev–Trinajstić information content (AvgIpc) is 2.48. The van der Waals surface area contributed by atoms with Crippen molar-refractivity contribution in [1.82, 2.24) is 0 Å². The first-order chi connectivity index (χ1) is 10.1. The van der Waals surface area contributed by atoms with Crippen LogP contribution in [0.3, 0.4) is 0 Å². The Morgan fingerprint density at radius 3 is 2.33 bits per heavy atom. The van der Waals surface area contributed by atoms with E-state index in [1.54, 1.807) is 48.5 Å². The van der Waals surface area contributed by atoms with Crippen molar-refractivity contribution < 1.29 is 19.1 Å². The van der Waals surface area contributed by atoms with Crippen LogP contribution >= 0.6 is 11.8 Å². The molecule has 0 fully saturated rings. The SMILES string of the molecule is CC(=O)Sc1ccccc1C(=O)Oc1ccc(C=O)cc1. The van der Waals surface area contributed by atoms with E-state index < -0.39 is 5.97 Å². The highest BCUT2D eigenvalue weighted by Gasteiger charge is 2.15. The number of carbonyl (C=O) groups is 3. The molecule has 0 saturated carbocycles. The molecule has 0 heterocycles. The highest BCUT2D eigenvalue weighted by Crippen LogP contribution is 2.24. The zero-order valence-corrected chi connectivity index (χ0v) is 12.1. The van der Waals surface area contributed by atoms with Crippen LogP contribution in [0.15, 0.2) is 53.4 Å². The third kappa shape index (κ3) is 4.03. The van der Waals surface area contributed by atoms with Crippen molar-refractivity contribution in [3.8, 4) is 5.75 Å². The second kappa shape index (κ2) is 6.85. The first-order valence-corrected chi connectivity index (χ1v) is 6.96. The number of hydrogen-bond donors (Lipinski definition) is 0. The predicted molar refractivity (Wildman–Crippen MR) is 79.8 cm³/mol. The van der Waals surface area contributed by atoms with Crippen LogP contribution in [-0.2, 0) is 4.79 Å². The summed E-state index contributed by atoms with van der Waals surface area (Å²) in [6.07, 6.45) is 0.713. The average molecular weight is 300 g/mol. The summed E-state index contributed by atoms with van der Waals surface area (Å²) in [5.74, 6) is -0.202. The minimum Gasteiger partial charge on any atom is -0.423 e. The Morgan fingerprint density at radius 2 is 1.71 bits per heavy atom. The Balaban J connectivity index is 2.19. The van der Waals surface area contributed by atoms with Gasteiger partial charge in [0.05, 0.1) is 5.56 Å². The summed E-state index contributed by atoms with van der Waals surface area (Å²) in [5, 5.41) is -0.106. The van der Waals surface area contributed by atoms with Gasteiger partial charge in [0.15, 0.2) is 5.12 Å². The second-order valence-electron chi connectivity index (χ2n) is 4.17. The number of rotatable bonds is 4. The number of thioether (sulfide) groups is 1. The first-order valence-electron chi connectivity index (χ1n) is 6.15. The van der Waals surface area contributed by atoms with Crippen LogP contribution in [0.25, 0.3) is 0 Å². The molecule has 0 aliphatic rings. The Morgan fingerprint density at radius 1 is 1.05 bits per heavy atom. The molecule has 0 aromatic heterocycles. The molecule has 2 aromatic carbocycles. The largest absolute Gasteiger partial charge is 0.423 e. The maximum absolute atomic E-state index is 12.2. The second-order valence-corrected chi connectivity index (χ2v) is 5.39. The van der Waals surface area contributed by atoms with E-state index >= 15 is 0 Å². The first kappa shape index (κ1) is 15.0. The fraction of sp³-hybridized carbons (Fsp3) is 0.0625. The topological polar surface area (TPSA) is 60.4 Å². The molecular weight excluding hydrogens is 288 g/mol. The van der Waals surface area contributed by atoms with Crippen molar-refractivity contribution in [2.24, 2.45) is 0 Å². The van der Waals surface area contributed by atoms with Gasteiger partial charge in [-0.25, -0.2) is 4.79 Å². The van der Waals surface area contributed by atoms with Gasteiger partial charge in [0, 0.05) is 17.4 Å².